The number of hydrogen-bond acceptors (Lipinski definition) is 5. The van der Waals surface area contributed by atoms with Crippen LogP contribution in [0.15, 0.2) is 61.2 Å². The Bertz CT molecular complexity index is 868. The van der Waals surface area contributed by atoms with Gasteiger partial charge < -0.3 is 14.8 Å². The number of carbonyl (C=O) groups excluding carboxylic acids is 2. The van der Waals surface area contributed by atoms with Gasteiger partial charge in [-0.1, -0.05) is 25.8 Å². The molecule has 0 aromatic heterocycles. The summed E-state index contributed by atoms with van der Waals surface area (Å²) >= 11 is 0. The van der Waals surface area contributed by atoms with Gasteiger partial charge in [-0.05, 0) is 61.4 Å². The molecule has 0 unspecified atom stereocenters. The summed E-state index contributed by atoms with van der Waals surface area (Å²) in [7, 11) is 0. The first-order valence-corrected chi connectivity index (χ1v) is 9.96. The van der Waals surface area contributed by atoms with Crippen LogP contribution in [0.25, 0.3) is 0 Å². The van der Waals surface area contributed by atoms with Crippen LogP contribution in [-0.2, 0) is 9.53 Å². The Hall–Kier alpha value is -3.59. The minimum atomic E-state index is -0.374. The molecular formula is C24H26N2O4. The van der Waals surface area contributed by atoms with Crippen LogP contribution in [0.1, 0.15) is 48.0 Å². The number of nitriles is 1. The maximum atomic E-state index is 12.3. The molecule has 0 heterocycles. The number of benzene rings is 2. The lowest BCUT2D eigenvalue weighted by Crippen LogP contribution is -2.11. The van der Waals surface area contributed by atoms with Crippen LogP contribution in [0.4, 0.5) is 5.69 Å². The molecule has 1 N–H and O–H groups in total. The molecule has 156 valence electrons. The van der Waals surface area contributed by atoms with Gasteiger partial charge in [0.15, 0.2) is 0 Å². The first kappa shape index (κ1) is 22.7. The van der Waals surface area contributed by atoms with Crippen LogP contribution >= 0.6 is 0 Å². The fourth-order valence-electron chi connectivity index (χ4n) is 2.69. The lowest BCUT2D eigenvalue weighted by Gasteiger charge is -2.08. The Morgan fingerprint density at radius 1 is 0.933 bits per heavy atom. The molecular weight excluding hydrogens is 380 g/mol. The number of esters is 1. The summed E-state index contributed by atoms with van der Waals surface area (Å²) in [6, 6.07) is 15.7. The summed E-state index contributed by atoms with van der Waals surface area (Å²) in [4.78, 5) is 23.2. The second-order valence-electron chi connectivity index (χ2n) is 6.66. The number of anilines is 1. The lowest BCUT2D eigenvalue weighted by atomic mass is 10.1. The third-order valence-electron chi connectivity index (χ3n) is 4.36. The molecule has 0 saturated carbocycles. The van der Waals surface area contributed by atoms with Crippen LogP contribution < -0.4 is 10.1 Å². The number of ether oxygens (including phenoxy) is 2. The normalized spacial score (nSPS) is 9.97. The van der Waals surface area contributed by atoms with Crippen molar-refractivity contribution >= 4 is 17.6 Å². The van der Waals surface area contributed by atoms with Gasteiger partial charge in [-0.2, -0.15) is 5.26 Å². The van der Waals surface area contributed by atoms with Crippen molar-refractivity contribution < 1.29 is 19.1 Å². The first-order chi connectivity index (χ1) is 14.6. The second-order valence-corrected chi connectivity index (χ2v) is 6.66. The van der Waals surface area contributed by atoms with E-state index < -0.39 is 0 Å². The topological polar surface area (TPSA) is 88.4 Å². The van der Waals surface area contributed by atoms with Crippen molar-refractivity contribution in [2.24, 2.45) is 0 Å². The third-order valence-corrected chi connectivity index (χ3v) is 4.36. The van der Waals surface area contributed by atoms with Crippen molar-refractivity contribution in [3.63, 3.8) is 0 Å². The molecule has 1 amide bonds. The molecule has 0 spiro atoms. The molecule has 0 fully saturated rings. The molecule has 0 aliphatic carbocycles. The maximum absolute atomic E-state index is 12.3. The largest absolute Gasteiger partial charge is 0.494 e. The molecule has 0 bridgehead atoms. The standard InChI is InChI=1S/C24H26N2O4/c1-2-23(27)30-17-7-5-3-4-6-16-29-22-14-10-20(11-15-22)24(28)26-21-12-8-19(18-25)9-13-21/h2,8-15H,1,3-7,16-17H2,(H,26,28). The Morgan fingerprint density at radius 2 is 1.57 bits per heavy atom. The predicted octanol–water partition coefficient (Wildman–Crippen LogP) is 4.87. The molecule has 2 aromatic rings. The molecule has 0 aliphatic heterocycles. The van der Waals surface area contributed by atoms with E-state index in [4.69, 9.17) is 14.7 Å². The molecule has 2 rings (SSSR count). The predicted molar refractivity (Wildman–Crippen MR) is 115 cm³/mol. The summed E-state index contributed by atoms with van der Waals surface area (Å²) in [5, 5.41) is 11.6. The number of nitrogens with zero attached hydrogens (tertiary/aromatic N) is 1. The first-order valence-electron chi connectivity index (χ1n) is 9.96. The molecule has 6 heteroatoms. The molecule has 6 nitrogen and oxygen atoms in total. The van der Waals surface area contributed by atoms with Crippen molar-refractivity contribution in [2.45, 2.75) is 32.1 Å². The number of hydrogen-bond donors (Lipinski definition) is 1. The monoisotopic (exact) mass is 406 g/mol. The van der Waals surface area contributed by atoms with Crippen molar-refractivity contribution in [2.75, 3.05) is 18.5 Å². The molecule has 30 heavy (non-hydrogen) atoms. The summed E-state index contributed by atoms with van der Waals surface area (Å²) < 4.78 is 10.6. The van der Waals surface area contributed by atoms with Gasteiger partial charge in [0.05, 0.1) is 24.8 Å². The van der Waals surface area contributed by atoms with E-state index in [2.05, 4.69) is 11.9 Å². The Morgan fingerprint density at radius 3 is 2.20 bits per heavy atom. The van der Waals surface area contributed by atoms with Crippen LogP contribution in [0.3, 0.4) is 0 Å². The van der Waals surface area contributed by atoms with Crippen molar-refractivity contribution in [1.82, 2.24) is 0 Å². The van der Waals surface area contributed by atoms with Crippen molar-refractivity contribution in [1.29, 1.82) is 5.26 Å². The van der Waals surface area contributed by atoms with E-state index >= 15 is 0 Å². The molecule has 0 saturated heterocycles. The van der Waals surface area contributed by atoms with Gasteiger partial charge in [0.2, 0.25) is 0 Å². The van der Waals surface area contributed by atoms with Crippen molar-refractivity contribution in [3.8, 4) is 11.8 Å². The highest BCUT2D eigenvalue weighted by molar-refractivity contribution is 6.04. The summed E-state index contributed by atoms with van der Waals surface area (Å²) in [6.07, 6.45) is 6.07. The van der Waals surface area contributed by atoms with Crippen LogP contribution in [0.2, 0.25) is 0 Å². The quantitative estimate of drug-likeness (QED) is 0.309. The Kier molecular flexibility index (Phi) is 9.67. The highest BCUT2D eigenvalue weighted by Crippen LogP contribution is 2.15. The SMILES string of the molecule is C=CC(=O)OCCCCCCCOc1ccc(C(=O)Nc2ccc(C#N)cc2)cc1. The molecule has 0 atom stereocenters. The zero-order valence-corrected chi connectivity index (χ0v) is 16.9. The van der Waals surface area contributed by atoms with Gasteiger partial charge in [0.1, 0.15) is 5.75 Å². The Labute approximate surface area is 177 Å². The minimum absolute atomic E-state index is 0.218. The van der Waals surface area contributed by atoms with Gasteiger partial charge >= 0.3 is 5.97 Å². The molecule has 0 radical (unpaired) electrons. The highest BCUT2D eigenvalue weighted by Gasteiger charge is 2.06. The van der Waals surface area contributed by atoms with Gasteiger partial charge in [-0.15, -0.1) is 0 Å². The van der Waals surface area contributed by atoms with E-state index in [0.717, 1.165) is 37.9 Å². The van der Waals surface area contributed by atoms with Crippen LogP contribution in [-0.4, -0.2) is 25.1 Å². The van der Waals surface area contributed by atoms with E-state index in [1.807, 2.05) is 6.07 Å². The van der Waals surface area contributed by atoms with E-state index in [0.29, 0.717) is 30.0 Å². The van der Waals surface area contributed by atoms with E-state index in [9.17, 15) is 9.59 Å². The second kappa shape index (κ2) is 12.8. The van der Waals surface area contributed by atoms with Gasteiger partial charge in [0, 0.05) is 17.3 Å². The average Bonchev–Trinajstić information content (AvgIpc) is 2.78. The number of carbonyl (C=O) groups is 2. The number of amides is 1. The van der Waals surface area contributed by atoms with Crippen molar-refractivity contribution in [3.05, 3.63) is 72.3 Å². The number of nitrogens with one attached hydrogen (secondary N) is 1. The fraction of sp³-hybridized carbons (Fsp3) is 0.292. The number of rotatable bonds is 12. The van der Waals surface area contributed by atoms with E-state index in [-0.39, 0.29) is 11.9 Å². The molecule has 2 aromatic carbocycles. The van der Waals surface area contributed by atoms with Crippen LogP contribution in [0, 0.1) is 11.3 Å². The maximum Gasteiger partial charge on any atom is 0.330 e. The Balaban J connectivity index is 1.62. The van der Waals surface area contributed by atoms with Gasteiger partial charge in [0.25, 0.3) is 5.91 Å². The lowest BCUT2D eigenvalue weighted by molar-refractivity contribution is -0.137. The van der Waals surface area contributed by atoms with Gasteiger partial charge in [-0.3, -0.25) is 4.79 Å². The zero-order valence-electron chi connectivity index (χ0n) is 16.9. The van der Waals surface area contributed by atoms with E-state index in [1.54, 1.807) is 48.5 Å². The summed E-state index contributed by atoms with van der Waals surface area (Å²) in [5.41, 5.74) is 1.71. The highest BCUT2D eigenvalue weighted by atomic mass is 16.5. The summed E-state index contributed by atoms with van der Waals surface area (Å²) in [5.74, 6) is 0.132. The zero-order chi connectivity index (χ0) is 21.6. The summed E-state index contributed by atoms with van der Waals surface area (Å²) in [6.45, 7) is 4.40. The third kappa shape index (κ3) is 8.19. The average molecular weight is 406 g/mol. The minimum Gasteiger partial charge on any atom is -0.494 e. The fourth-order valence-corrected chi connectivity index (χ4v) is 2.69. The van der Waals surface area contributed by atoms with E-state index in [1.165, 1.54) is 6.08 Å². The smallest absolute Gasteiger partial charge is 0.330 e. The molecule has 0 aliphatic rings. The number of unbranched alkanes of at least 4 members (excludes halogenated alkanes) is 4. The van der Waals surface area contributed by atoms with Gasteiger partial charge in [-0.25, -0.2) is 4.79 Å². The van der Waals surface area contributed by atoms with Crippen LogP contribution in [0.5, 0.6) is 5.75 Å².